The van der Waals surface area contributed by atoms with Crippen molar-refractivity contribution in [3.05, 3.63) is 24.0 Å². The first-order chi connectivity index (χ1) is 4.70. The predicted octanol–water partition coefficient (Wildman–Crippen LogP) is 0.336. The van der Waals surface area contributed by atoms with Crippen LogP contribution < -0.4 is 11.5 Å². The summed E-state index contributed by atoms with van der Waals surface area (Å²) in [5.41, 5.74) is 11.2. The van der Waals surface area contributed by atoms with E-state index in [1.54, 1.807) is 19.3 Å². The maximum atomic E-state index is 5.48. The Bertz CT molecular complexity index is 141. The van der Waals surface area contributed by atoms with E-state index >= 15 is 0 Å². The Morgan fingerprint density at radius 2 is 2.20 bits per heavy atom. The largest absolute Gasteiger partial charge is 0.405 e. The number of ether oxygens (including phenoxy) is 1. The molecule has 58 valence electrons. The van der Waals surface area contributed by atoms with Crippen LogP contribution in [0.1, 0.15) is 6.92 Å². The first-order valence-corrected chi connectivity index (χ1v) is 3.09. The van der Waals surface area contributed by atoms with Crippen LogP contribution in [0.4, 0.5) is 0 Å². The molecular formula is C7H14N2O. The molecule has 0 radical (unpaired) electrons. The van der Waals surface area contributed by atoms with Gasteiger partial charge in [0.25, 0.3) is 0 Å². The van der Waals surface area contributed by atoms with Gasteiger partial charge in [-0.05, 0) is 25.3 Å². The quantitative estimate of drug-likeness (QED) is 0.558. The highest BCUT2D eigenvalue weighted by Gasteiger charge is 1.91. The number of hydrogen-bond donors (Lipinski definition) is 2. The molecule has 1 unspecified atom stereocenters. The van der Waals surface area contributed by atoms with E-state index in [1.165, 1.54) is 6.20 Å². The summed E-state index contributed by atoms with van der Waals surface area (Å²) in [6.45, 7) is 1.90. The van der Waals surface area contributed by atoms with Gasteiger partial charge in [-0.2, -0.15) is 0 Å². The van der Waals surface area contributed by atoms with Gasteiger partial charge < -0.3 is 16.2 Å². The third-order valence-electron chi connectivity index (χ3n) is 1.09. The van der Waals surface area contributed by atoms with Gasteiger partial charge in [0, 0.05) is 12.8 Å². The Kier molecular flexibility index (Phi) is 4.41. The fourth-order valence-corrected chi connectivity index (χ4v) is 0.506. The average molecular weight is 142 g/mol. The van der Waals surface area contributed by atoms with Crippen molar-refractivity contribution in [1.82, 2.24) is 0 Å². The predicted molar refractivity (Wildman–Crippen MR) is 42.1 cm³/mol. The van der Waals surface area contributed by atoms with Crippen LogP contribution in [-0.4, -0.2) is 13.2 Å². The maximum Gasteiger partial charge on any atom is 0.0746 e. The van der Waals surface area contributed by atoms with Crippen LogP contribution in [0.2, 0.25) is 0 Å². The molecule has 0 aliphatic carbocycles. The SMILES string of the molecule is COC(C)/C=C(N)\C=C/N. The lowest BCUT2D eigenvalue weighted by Crippen LogP contribution is -2.04. The van der Waals surface area contributed by atoms with Gasteiger partial charge in [-0.15, -0.1) is 0 Å². The third-order valence-corrected chi connectivity index (χ3v) is 1.09. The molecule has 0 aliphatic rings. The number of allylic oxidation sites excluding steroid dienone is 1. The highest BCUT2D eigenvalue weighted by molar-refractivity contribution is 5.14. The average Bonchev–Trinajstić information content (AvgIpc) is 1.88. The van der Waals surface area contributed by atoms with Crippen molar-refractivity contribution in [3.63, 3.8) is 0 Å². The van der Waals surface area contributed by atoms with Gasteiger partial charge >= 0.3 is 0 Å². The molecule has 0 fully saturated rings. The van der Waals surface area contributed by atoms with E-state index in [-0.39, 0.29) is 6.10 Å². The molecule has 0 aromatic heterocycles. The first kappa shape index (κ1) is 9.04. The summed E-state index contributed by atoms with van der Waals surface area (Å²) in [7, 11) is 1.63. The van der Waals surface area contributed by atoms with E-state index in [4.69, 9.17) is 16.2 Å². The van der Waals surface area contributed by atoms with Crippen molar-refractivity contribution >= 4 is 0 Å². The Hall–Kier alpha value is -0.960. The van der Waals surface area contributed by atoms with Gasteiger partial charge in [-0.3, -0.25) is 0 Å². The Labute approximate surface area is 61.3 Å². The Balaban J connectivity index is 3.89. The second kappa shape index (κ2) is 4.88. The minimum atomic E-state index is 0.0381. The lowest BCUT2D eigenvalue weighted by Gasteiger charge is -2.02. The number of rotatable bonds is 3. The number of hydrogen-bond acceptors (Lipinski definition) is 3. The van der Waals surface area contributed by atoms with Gasteiger partial charge in [-0.25, -0.2) is 0 Å². The zero-order chi connectivity index (χ0) is 7.98. The molecule has 3 nitrogen and oxygen atoms in total. The van der Waals surface area contributed by atoms with Crippen LogP contribution in [0.25, 0.3) is 0 Å². The second-order valence-electron chi connectivity index (χ2n) is 1.97. The van der Waals surface area contributed by atoms with Gasteiger partial charge in [0.15, 0.2) is 0 Å². The molecule has 4 N–H and O–H groups in total. The summed E-state index contributed by atoms with van der Waals surface area (Å²) in [5.74, 6) is 0. The number of nitrogens with two attached hydrogens (primary N) is 2. The van der Waals surface area contributed by atoms with Gasteiger partial charge in [0.1, 0.15) is 0 Å². The monoisotopic (exact) mass is 142 g/mol. The first-order valence-electron chi connectivity index (χ1n) is 3.09. The minimum absolute atomic E-state index is 0.0381. The Morgan fingerprint density at radius 1 is 1.60 bits per heavy atom. The fraction of sp³-hybridized carbons (Fsp3) is 0.429. The van der Waals surface area contributed by atoms with Crippen LogP contribution >= 0.6 is 0 Å². The molecule has 1 atom stereocenters. The molecule has 0 saturated carbocycles. The van der Waals surface area contributed by atoms with Crippen LogP contribution in [-0.2, 0) is 4.74 Å². The molecule has 0 aromatic rings. The molecule has 0 aromatic carbocycles. The standard InChI is InChI=1S/C7H14N2O/c1-6(10-2)5-7(9)3-4-8/h3-6H,8-9H2,1-2H3/b4-3-,7-5+. The molecule has 0 rings (SSSR count). The summed E-state index contributed by atoms with van der Waals surface area (Å²) in [5, 5.41) is 0. The summed E-state index contributed by atoms with van der Waals surface area (Å²) >= 11 is 0. The van der Waals surface area contributed by atoms with Crippen molar-refractivity contribution in [2.75, 3.05) is 7.11 Å². The maximum absolute atomic E-state index is 5.48. The highest BCUT2D eigenvalue weighted by atomic mass is 16.5. The van der Waals surface area contributed by atoms with Crippen LogP contribution in [0, 0.1) is 0 Å². The van der Waals surface area contributed by atoms with Gasteiger partial charge in [-0.1, -0.05) is 0 Å². The second-order valence-corrected chi connectivity index (χ2v) is 1.97. The molecule has 0 spiro atoms. The molecule has 3 heteroatoms. The van der Waals surface area contributed by atoms with Crippen molar-refractivity contribution in [1.29, 1.82) is 0 Å². The van der Waals surface area contributed by atoms with Gasteiger partial charge in [0.2, 0.25) is 0 Å². The smallest absolute Gasteiger partial charge is 0.0746 e. The van der Waals surface area contributed by atoms with Gasteiger partial charge in [0.05, 0.1) is 6.10 Å². The summed E-state index contributed by atoms with van der Waals surface area (Å²) in [6.07, 6.45) is 4.84. The topological polar surface area (TPSA) is 61.3 Å². The molecule has 0 bridgehead atoms. The van der Waals surface area contributed by atoms with Crippen LogP contribution in [0.5, 0.6) is 0 Å². The lowest BCUT2D eigenvalue weighted by molar-refractivity contribution is 0.156. The molecule has 0 saturated heterocycles. The minimum Gasteiger partial charge on any atom is -0.405 e. The molecule has 10 heavy (non-hydrogen) atoms. The van der Waals surface area contributed by atoms with E-state index in [9.17, 15) is 0 Å². The van der Waals surface area contributed by atoms with Crippen LogP contribution in [0.3, 0.4) is 0 Å². The van der Waals surface area contributed by atoms with Crippen LogP contribution in [0.15, 0.2) is 24.0 Å². The van der Waals surface area contributed by atoms with E-state index in [2.05, 4.69) is 0 Å². The third kappa shape index (κ3) is 3.97. The van der Waals surface area contributed by atoms with Crippen molar-refractivity contribution in [2.24, 2.45) is 11.5 Å². The molecule has 0 heterocycles. The highest BCUT2D eigenvalue weighted by Crippen LogP contribution is 1.93. The molecular weight excluding hydrogens is 128 g/mol. The lowest BCUT2D eigenvalue weighted by atomic mass is 10.3. The summed E-state index contributed by atoms with van der Waals surface area (Å²) in [4.78, 5) is 0. The van der Waals surface area contributed by atoms with Crippen molar-refractivity contribution in [3.8, 4) is 0 Å². The molecule has 0 amide bonds. The van der Waals surface area contributed by atoms with E-state index in [0.29, 0.717) is 5.70 Å². The fourth-order valence-electron chi connectivity index (χ4n) is 0.506. The summed E-state index contributed by atoms with van der Waals surface area (Å²) in [6, 6.07) is 0. The molecule has 0 aliphatic heterocycles. The normalized spacial score (nSPS) is 16.0. The Morgan fingerprint density at radius 3 is 2.60 bits per heavy atom. The van der Waals surface area contributed by atoms with E-state index < -0.39 is 0 Å². The zero-order valence-electron chi connectivity index (χ0n) is 6.37. The number of methoxy groups -OCH3 is 1. The van der Waals surface area contributed by atoms with E-state index in [1.807, 2.05) is 6.92 Å². The van der Waals surface area contributed by atoms with Crippen molar-refractivity contribution in [2.45, 2.75) is 13.0 Å². The summed E-state index contributed by atoms with van der Waals surface area (Å²) < 4.78 is 4.94. The van der Waals surface area contributed by atoms with E-state index in [0.717, 1.165) is 0 Å². The zero-order valence-corrected chi connectivity index (χ0v) is 6.37. The van der Waals surface area contributed by atoms with Crippen molar-refractivity contribution < 1.29 is 4.74 Å².